The monoisotopic (exact) mass is 308 g/mol. The maximum absolute atomic E-state index is 11.6. The van der Waals surface area contributed by atoms with Gasteiger partial charge in [0.1, 0.15) is 0 Å². The molecule has 0 radical (unpaired) electrons. The molecule has 2 heterocycles. The van der Waals surface area contributed by atoms with E-state index in [0.717, 1.165) is 23.2 Å². The van der Waals surface area contributed by atoms with Crippen LogP contribution in [0.4, 0.5) is 11.4 Å². The number of hydrogen-bond acceptors (Lipinski definition) is 3. The largest absolute Gasteiger partial charge is 0.370 e. The van der Waals surface area contributed by atoms with Crippen LogP contribution < -0.4 is 10.2 Å². The first-order valence-electron chi connectivity index (χ1n) is 6.00. The molecule has 0 spiro atoms. The van der Waals surface area contributed by atoms with Gasteiger partial charge in [0.05, 0.1) is 16.9 Å². The Hall–Kier alpha value is -1.36. The average Bonchev–Trinajstić information content (AvgIpc) is 2.86. The summed E-state index contributed by atoms with van der Waals surface area (Å²) < 4.78 is 0.875. The number of halogens is 1. The highest BCUT2D eigenvalue weighted by Gasteiger charge is 2.30. The zero-order valence-corrected chi connectivity index (χ0v) is 11.6. The Bertz CT molecular complexity index is 556. The molecule has 94 valence electrons. The van der Waals surface area contributed by atoms with Gasteiger partial charge in [-0.15, -0.1) is 0 Å². The Morgan fingerprint density at radius 2 is 2.17 bits per heavy atom. The Morgan fingerprint density at radius 3 is 2.83 bits per heavy atom. The van der Waals surface area contributed by atoms with Gasteiger partial charge in [0.2, 0.25) is 0 Å². The number of rotatable bonds is 1. The summed E-state index contributed by atoms with van der Waals surface area (Å²) in [4.78, 5) is 25.2. The summed E-state index contributed by atoms with van der Waals surface area (Å²) in [6.45, 7) is 4.26. The minimum absolute atomic E-state index is 0.452. The van der Waals surface area contributed by atoms with E-state index < -0.39 is 11.7 Å². The maximum atomic E-state index is 11.6. The highest BCUT2D eigenvalue weighted by atomic mass is 79.9. The first-order valence-corrected chi connectivity index (χ1v) is 6.79. The van der Waals surface area contributed by atoms with E-state index in [1.165, 1.54) is 6.42 Å². The van der Waals surface area contributed by atoms with Crippen LogP contribution in [0.25, 0.3) is 0 Å². The lowest BCUT2D eigenvalue weighted by Crippen LogP contribution is -2.19. The zero-order valence-electron chi connectivity index (χ0n) is 10.00. The number of ketones is 1. The van der Waals surface area contributed by atoms with Crippen molar-refractivity contribution in [3.05, 3.63) is 22.2 Å². The number of Topliss-reactive ketones (excluding diaryl/α,β-unsaturated/α-hetero) is 1. The average molecular weight is 309 g/mol. The van der Waals surface area contributed by atoms with Gasteiger partial charge in [0, 0.05) is 17.6 Å². The van der Waals surface area contributed by atoms with Crippen molar-refractivity contribution in [2.45, 2.75) is 13.3 Å². The molecule has 18 heavy (non-hydrogen) atoms. The third kappa shape index (κ3) is 1.73. The van der Waals surface area contributed by atoms with Crippen molar-refractivity contribution in [2.75, 3.05) is 23.3 Å². The third-order valence-electron chi connectivity index (χ3n) is 3.55. The van der Waals surface area contributed by atoms with E-state index in [9.17, 15) is 9.59 Å². The lowest BCUT2D eigenvalue weighted by Gasteiger charge is -2.20. The molecule has 5 heteroatoms. The molecular weight excluding hydrogens is 296 g/mol. The van der Waals surface area contributed by atoms with E-state index in [2.05, 4.69) is 33.1 Å². The molecule has 1 aromatic rings. The SMILES string of the molecule is CC1CCN(c2cc3c(cc2Br)C(=O)C(=O)N3)C1. The zero-order chi connectivity index (χ0) is 12.9. The summed E-state index contributed by atoms with van der Waals surface area (Å²) in [5.74, 6) is -0.308. The number of fused-ring (bicyclic) bond motifs is 1. The van der Waals surface area contributed by atoms with Crippen molar-refractivity contribution in [3.63, 3.8) is 0 Å². The van der Waals surface area contributed by atoms with Crippen LogP contribution in [0.2, 0.25) is 0 Å². The van der Waals surface area contributed by atoms with Gasteiger partial charge < -0.3 is 10.2 Å². The number of carbonyl (C=O) groups excluding carboxylic acids is 2. The van der Waals surface area contributed by atoms with E-state index in [-0.39, 0.29) is 0 Å². The van der Waals surface area contributed by atoms with Gasteiger partial charge in [-0.3, -0.25) is 9.59 Å². The Balaban J connectivity index is 2.01. The van der Waals surface area contributed by atoms with Crippen molar-refractivity contribution in [1.29, 1.82) is 0 Å². The van der Waals surface area contributed by atoms with Crippen molar-refractivity contribution < 1.29 is 9.59 Å². The number of amides is 1. The summed E-state index contributed by atoms with van der Waals surface area (Å²) in [5, 5.41) is 2.61. The minimum Gasteiger partial charge on any atom is -0.370 e. The van der Waals surface area contributed by atoms with Crippen LogP contribution in [0.3, 0.4) is 0 Å². The molecule has 1 N–H and O–H groups in total. The molecule has 2 aliphatic heterocycles. The lowest BCUT2D eigenvalue weighted by atomic mass is 10.1. The molecule has 1 unspecified atom stereocenters. The number of carbonyl (C=O) groups is 2. The van der Waals surface area contributed by atoms with E-state index >= 15 is 0 Å². The van der Waals surface area contributed by atoms with Gasteiger partial charge >= 0.3 is 0 Å². The smallest absolute Gasteiger partial charge is 0.296 e. The van der Waals surface area contributed by atoms with Gasteiger partial charge in [-0.25, -0.2) is 0 Å². The molecule has 1 aromatic carbocycles. The van der Waals surface area contributed by atoms with E-state index in [0.29, 0.717) is 17.2 Å². The number of benzene rings is 1. The van der Waals surface area contributed by atoms with Crippen LogP contribution in [-0.2, 0) is 4.79 Å². The van der Waals surface area contributed by atoms with Crippen LogP contribution in [0, 0.1) is 5.92 Å². The molecule has 1 fully saturated rings. The van der Waals surface area contributed by atoms with Crippen LogP contribution in [0.1, 0.15) is 23.7 Å². The quantitative estimate of drug-likeness (QED) is 0.811. The summed E-state index contributed by atoms with van der Waals surface area (Å²) in [6.07, 6.45) is 1.18. The van der Waals surface area contributed by atoms with Crippen LogP contribution >= 0.6 is 15.9 Å². The highest BCUT2D eigenvalue weighted by Crippen LogP contribution is 2.37. The molecule has 4 nitrogen and oxygen atoms in total. The fraction of sp³-hybridized carbons (Fsp3) is 0.385. The standard InChI is InChI=1S/C13H13BrN2O2/c1-7-2-3-16(6-7)11-5-10-8(4-9(11)14)12(17)13(18)15-10/h4-5,7H,2-3,6H2,1H3,(H,15,17,18). The summed E-state index contributed by atoms with van der Waals surface area (Å²) in [5.41, 5.74) is 2.14. The first kappa shape index (κ1) is 11.7. The van der Waals surface area contributed by atoms with Crippen molar-refractivity contribution in [3.8, 4) is 0 Å². The lowest BCUT2D eigenvalue weighted by molar-refractivity contribution is -0.112. The normalized spacial score (nSPS) is 22.3. The van der Waals surface area contributed by atoms with Crippen molar-refractivity contribution >= 4 is 39.0 Å². The van der Waals surface area contributed by atoms with Gasteiger partial charge in [-0.2, -0.15) is 0 Å². The van der Waals surface area contributed by atoms with Gasteiger partial charge in [-0.05, 0) is 40.4 Å². The predicted octanol–water partition coefficient (Wildman–Crippen LogP) is 2.43. The van der Waals surface area contributed by atoms with Gasteiger partial charge in [0.25, 0.3) is 11.7 Å². The molecule has 2 aliphatic rings. The second-order valence-corrected chi connectivity index (χ2v) is 5.83. The molecule has 3 rings (SSSR count). The summed E-state index contributed by atoms with van der Waals surface area (Å²) in [6, 6.07) is 3.63. The van der Waals surface area contributed by atoms with E-state index in [1.807, 2.05) is 6.07 Å². The van der Waals surface area contributed by atoms with Crippen LogP contribution in [0.15, 0.2) is 16.6 Å². The van der Waals surface area contributed by atoms with Crippen molar-refractivity contribution in [1.82, 2.24) is 0 Å². The molecule has 1 atom stereocenters. The Labute approximate surface area is 113 Å². The Morgan fingerprint density at radius 1 is 1.39 bits per heavy atom. The van der Waals surface area contributed by atoms with Crippen molar-refractivity contribution in [2.24, 2.45) is 5.92 Å². The third-order valence-corrected chi connectivity index (χ3v) is 4.19. The highest BCUT2D eigenvalue weighted by molar-refractivity contribution is 9.10. The summed E-state index contributed by atoms with van der Waals surface area (Å²) in [7, 11) is 0. The minimum atomic E-state index is -0.538. The van der Waals surface area contributed by atoms with Crippen LogP contribution in [0.5, 0.6) is 0 Å². The van der Waals surface area contributed by atoms with Gasteiger partial charge in [-0.1, -0.05) is 6.92 Å². The van der Waals surface area contributed by atoms with E-state index in [1.54, 1.807) is 6.07 Å². The number of anilines is 2. The molecule has 0 bridgehead atoms. The molecule has 0 aliphatic carbocycles. The number of nitrogens with one attached hydrogen (secondary N) is 1. The molecule has 0 aromatic heterocycles. The fourth-order valence-electron chi connectivity index (χ4n) is 2.55. The Kier molecular flexibility index (Phi) is 2.66. The topological polar surface area (TPSA) is 49.4 Å². The second kappa shape index (κ2) is 4.09. The second-order valence-electron chi connectivity index (χ2n) is 4.97. The summed E-state index contributed by atoms with van der Waals surface area (Å²) >= 11 is 3.49. The van der Waals surface area contributed by atoms with Gasteiger partial charge in [0.15, 0.2) is 0 Å². The molecular formula is C13H13BrN2O2. The number of hydrogen-bond donors (Lipinski definition) is 1. The van der Waals surface area contributed by atoms with E-state index in [4.69, 9.17) is 0 Å². The first-order chi connectivity index (χ1) is 8.56. The predicted molar refractivity (Wildman–Crippen MR) is 73.1 cm³/mol. The fourth-order valence-corrected chi connectivity index (χ4v) is 3.14. The molecule has 1 amide bonds. The molecule has 0 saturated carbocycles. The number of nitrogens with zero attached hydrogens (tertiary/aromatic N) is 1. The molecule has 1 saturated heterocycles. The van der Waals surface area contributed by atoms with Crippen LogP contribution in [-0.4, -0.2) is 24.8 Å². The maximum Gasteiger partial charge on any atom is 0.296 e.